The molecule has 2 rings (SSSR count). The molecule has 1 unspecified atom stereocenters. The van der Waals surface area contributed by atoms with Gasteiger partial charge in [-0.05, 0) is 19.5 Å². The molecule has 0 aliphatic carbocycles. The molecule has 2 N–H and O–H groups in total. The summed E-state index contributed by atoms with van der Waals surface area (Å²) >= 11 is 0. The molecule has 0 spiro atoms. The Balaban J connectivity index is 2.02. The predicted octanol–water partition coefficient (Wildman–Crippen LogP) is 0.736. The van der Waals surface area contributed by atoms with Crippen molar-refractivity contribution in [2.24, 2.45) is 0 Å². The van der Waals surface area contributed by atoms with E-state index in [2.05, 4.69) is 31.3 Å². The monoisotopic (exact) mass is 264 g/mol. The van der Waals surface area contributed by atoms with Gasteiger partial charge in [0.15, 0.2) is 0 Å². The molecular weight excluding hydrogens is 244 g/mol. The van der Waals surface area contributed by atoms with Crippen LogP contribution in [-0.2, 0) is 11.3 Å². The summed E-state index contributed by atoms with van der Waals surface area (Å²) in [5.41, 5.74) is 1.17. The van der Waals surface area contributed by atoms with Crippen LogP contribution >= 0.6 is 0 Å². The lowest BCUT2D eigenvalue weighted by atomic mass is 10.2. The van der Waals surface area contributed by atoms with Crippen molar-refractivity contribution in [3.8, 4) is 0 Å². The van der Waals surface area contributed by atoms with Gasteiger partial charge in [0.1, 0.15) is 5.82 Å². The molecule has 1 amide bonds. The predicted molar refractivity (Wildman–Crippen MR) is 73.2 cm³/mol. The third-order valence-electron chi connectivity index (χ3n) is 3.23. The molecule has 0 saturated carbocycles. The molecule has 19 heavy (non-hydrogen) atoms. The average Bonchev–Trinajstić information content (AvgIpc) is 2.88. The highest BCUT2D eigenvalue weighted by Crippen LogP contribution is 2.22. The van der Waals surface area contributed by atoms with Gasteiger partial charge >= 0.3 is 6.09 Å². The van der Waals surface area contributed by atoms with Crippen LogP contribution in [0.1, 0.15) is 12.0 Å². The highest BCUT2D eigenvalue weighted by Gasteiger charge is 2.26. The molecule has 1 aliphatic rings. The van der Waals surface area contributed by atoms with Gasteiger partial charge in [-0.1, -0.05) is 6.07 Å². The van der Waals surface area contributed by atoms with E-state index in [0.29, 0.717) is 0 Å². The van der Waals surface area contributed by atoms with Gasteiger partial charge in [-0.3, -0.25) is 0 Å². The Morgan fingerprint density at radius 2 is 2.47 bits per heavy atom. The van der Waals surface area contributed by atoms with Crippen LogP contribution < -0.4 is 15.5 Å². The zero-order valence-electron chi connectivity index (χ0n) is 11.3. The lowest BCUT2D eigenvalue weighted by molar-refractivity contribution is 0.167. The number of carbonyl (C=O) groups excluding carboxylic acids is 1. The van der Waals surface area contributed by atoms with Crippen LogP contribution in [0.5, 0.6) is 0 Å². The number of hydrogen-bond donors (Lipinski definition) is 2. The fourth-order valence-corrected chi connectivity index (χ4v) is 2.34. The van der Waals surface area contributed by atoms with Gasteiger partial charge in [-0.25, -0.2) is 9.78 Å². The summed E-state index contributed by atoms with van der Waals surface area (Å²) in [6, 6.07) is 4.13. The summed E-state index contributed by atoms with van der Waals surface area (Å²) in [5, 5.41) is 5.98. The molecule has 1 saturated heterocycles. The first-order chi connectivity index (χ1) is 9.24. The van der Waals surface area contributed by atoms with Gasteiger partial charge in [0, 0.05) is 31.4 Å². The van der Waals surface area contributed by atoms with Crippen molar-refractivity contribution in [3.63, 3.8) is 0 Å². The summed E-state index contributed by atoms with van der Waals surface area (Å²) in [6.45, 7) is 2.44. The number of alkyl carbamates (subject to hydrolysis) is 1. The normalized spacial score (nSPS) is 18.4. The van der Waals surface area contributed by atoms with Crippen LogP contribution in [0.25, 0.3) is 0 Å². The number of ether oxygens (including phenoxy) is 1. The summed E-state index contributed by atoms with van der Waals surface area (Å²) in [4.78, 5) is 17.9. The third kappa shape index (κ3) is 3.35. The first-order valence-corrected chi connectivity index (χ1v) is 6.42. The molecule has 6 heteroatoms. The topological polar surface area (TPSA) is 66.5 Å². The standard InChI is InChI=1S/C13H20N4O2/c1-14-8-10-4-3-6-15-12(10)17-7-5-11(9-17)16-13(18)19-2/h3-4,6,11,14H,5,7-9H2,1-2H3,(H,16,18). The van der Waals surface area contributed by atoms with Crippen molar-refractivity contribution in [2.75, 3.05) is 32.1 Å². The molecule has 0 aromatic carbocycles. The van der Waals surface area contributed by atoms with Crippen LogP contribution in [0, 0.1) is 0 Å². The van der Waals surface area contributed by atoms with Gasteiger partial charge in [-0.15, -0.1) is 0 Å². The quantitative estimate of drug-likeness (QED) is 0.839. The van der Waals surface area contributed by atoms with Crippen molar-refractivity contribution >= 4 is 11.9 Å². The van der Waals surface area contributed by atoms with Gasteiger partial charge in [-0.2, -0.15) is 0 Å². The number of nitrogens with zero attached hydrogens (tertiary/aromatic N) is 2. The SMILES string of the molecule is CNCc1cccnc1N1CCC(NC(=O)OC)C1. The third-order valence-corrected chi connectivity index (χ3v) is 3.23. The number of amides is 1. The fourth-order valence-electron chi connectivity index (χ4n) is 2.34. The van der Waals surface area contributed by atoms with E-state index in [-0.39, 0.29) is 12.1 Å². The van der Waals surface area contributed by atoms with E-state index < -0.39 is 0 Å². The lowest BCUT2D eigenvalue weighted by Crippen LogP contribution is -2.37. The van der Waals surface area contributed by atoms with Gasteiger partial charge in [0.25, 0.3) is 0 Å². The van der Waals surface area contributed by atoms with Crippen molar-refractivity contribution in [1.82, 2.24) is 15.6 Å². The Labute approximate surface area is 113 Å². The minimum Gasteiger partial charge on any atom is -0.453 e. The molecule has 6 nitrogen and oxygen atoms in total. The molecular formula is C13H20N4O2. The van der Waals surface area contributed by atoms with Crippen LogP contribution in [0.15, 0.2) is 18.3 Å². The number of methoxy groups -OCH3 is 1. The minimum atomic E-state index is -0.372. The van der Waals surface area contributed by atoms with Crippen molar-refractivity contribution in [2.45, 2.75) is 19.0 Å². The lowest BCUT2D eigenvalue weighted by Gasteiger charge is -2.20. The summed E-state index contributed by atoms with van der Waals surface area (Å²) in [6.07, 6.45) is 2.34. The Bertz CT molecular complexity index is 438. The van der Waals surface area contributed by atoms with E-state index in [1.54, 1.807) is 6.20 Å². The molecule has 0 bridgehead atoms. The maximum atomic E-state index is 11.2. The Hall–Kier alpha value is -1.82. The van der Waals surface area contributed by atoms with E-state index in [1.807, 2.05) is 13.1 Å². The first kappa shape index (κ1) is 13.6. The number of carbonyl (C=O) groups is 1. The first-order valence-electron chi connectivity index (χ1n) is 6.42. The number of anilines is 1. The smallest absolute Gasteiger partial charge is 0.407 e. The number of pyridine rings is 1. The second-order valence-electron chi connectivity index (χ2n) is 4.58. The Morgan fingerprint density at radius 1 is 1.63 bits per heavy atom. The fraction of sp³-hybridized carbons (Fsp3) is 0.538. The Kier molecular flexibility index (Phi) is 4.57. The molecule has 1 aliphatic heterocycles. The van der Waals surface area contributed by atoms with Gasteiger partial charge in [0.05, 0.1) is 13.2 Å². The summed E-state index contributed by atoms with van der Waals surface area (Å²) in [7, 11) is 3.30. The second-order valence-corrected chi connectivity index (χ2v) is 4.58. The van der Waals surface area contributed by atoms with Crippen LogP contribution in [0.2, 0.25) is 0 Å². The molecule has 104 valence electrons. The van der Waals surface area contributed by atoms with E-state index in [0.717, 1.165) is 31.9 Å². The molecule has 1 aromatic rings. The van der Waals surface area contributed by atoms with Crippen LogP contribution in [0.4, 0.5) is 10.6 Å². The molecule has 1 aromatic heterocycles. The zero-order valence-corrected chi connectivity index (χ0v) is 11.3. The maximum absolute atomic E-state index is 11.2. The minimum absolute atomic E-state index is 0.122. The Morgan fingerprint density at radius 3 is 3.21 bits per heavy atom. The summed E-state index contributed by atoms with van der Waals surface area (Å²) < 4.78 is 4.62. The number of rotatable bonds is 4. The van der Waals surface area contributed by atoms with E-state index in [9.17, 15) is 4.79 Å². The highest BCUT2D eigenvalue weighted by molar-refractivity contribution is 5.67. The molecule has 2 heterocycles. The molecule has 1 fully saturated rings. The largest absolute Gasteiger partial charge is 0.453 e. The van der Waals surface area contributed by atoms with Crippen molar-refractivity contribution in [1.29, 1.82) is 0 Å². The molecule has 1 atom stereocenters. The van der Waals surface area contributed by atoms with Crippen molar-refractivity contribution < 1.29 is 9.53 Å². The van der Waals surface area contributed by atoms with Crippen molar-refractivity contribution in [3.05, 3.63) is 23.9 Å². The van der Waals surface area contributed by atoms with E-state index >= 15 is 0 Å². The maximum Gasteiger partial charge on any atom is 0.407 e. The van der Waals surface area contributed by atoms with Crippen LogP contribution in [0.3, 0.4) is 0 Å². The van der Waals surface area contributed by atoms with Gasteiger partial charge < -0.3 is 20.3 Å². The highest BCUT2D eigenvalue weighted by atomic mass is 16.5. The summed E-state index contributed by atoms with van der Waals surface area (Å²) in [5.74, 6) is 0.992. The zero-order chi connectivity index (χ0) is 13.7. The van der Waals surface area contributed by atoms with Gasteiger partial charge in [0.2, 0.25) is 0 Å². The van der Waals surface area contributed by atoms with E-state index in [1.165, 1.54) is 12.7 Å². The number of hydrogen-bond acceptors (Lipinski definition) is 5. The van der Waals surface area contributed by atoms with E-state index in [4.69, 9.17) is 0 Å². The second kappa shape index (κ2) is 6.38. The number of aromatic nitrogens is 1. The van der Waals surface area contributed by atoms with Crippen LogP contribution in [-0.4, -0.2) is 44.4 Å². The number of nitrogens with one attached hydrogen (secondary N) is 2. The molecule has 0 radical (unpaired) electrons. The average molecular weight is 264 g/mol.